The van der Waals surface area contributed by atoms with Crippen LogP contribution in [0.15, 0.2) is 28.0 Å². The van der Waals surface area contributed by atoms with Gasteiger partial charge in [-0.3, -0.25) is 0 Å². The molecule has 1 aliphatic rings. The topological polar surface area (TPSA) is 56.3 Å². The zero-order valence-corrected chi connectivity index (χ0v) is 13.4. The molecule has 1 unspecified atom stereocenters. The van der Waals surface area contributed by atoms with Gasteiger partial charge in [0, 0.05) is 18.2 Å². The monoisotopic (exact) mass is 323 g/mol. The number of benzene rings is 1. The number of aromatic nitrogens is 2. The molecule has 0 saturated heterocycles. The molecule has 1 atom stereocenters. The molecule has 1 aliphatic heterocycles. The average molecular weight is 323 g/mol. The van der Waals surface area contributed by atoms with Gasteiger partial charge in [-0.25, -0.2) is 0 Å². The molecule has 1 N–H and O–H groups in total. The molecule has 5 nitrogen and oxygen atoms in total. The molecule has 1 aromatic carbocycles. The molecule has 0 aliphatic carbocycles. The van der Waals surface area contributed by atoms with Crippen molar-refractivity contribution in [3.8, 4) is 11.5 Å². The van der Waals surface area contributed by atoms with E-state index in [0.29, 0.717) is 13.2 Å². The molecular weight excluding hydrogens is 306 g/mol. The van der Waals surface area contributed by atoms with Gasteiger partial charge in [0.15, 0.2) is 15.8 Å². The van der Waals surface area contributed by atoms with Gasteiger partial charge >= 0.3 is 0 Å². The van der Waals surface area contributed by atoms with Gasteiger partial charge in [-0.2, -0.15) is 0 Å². The summed E-state index contributed by atoms with van der Waals surface area (Å²) in [6.07, 6.45) is 0.923. The third kappa shape index (κ3) is 3.66. The molecule has 0 fully saturated rings. The van der Waals surface area contributed by atoms with Crippen molar-refractivity contribution < 1.29 is 9.47 Å². The minimum atomic E-state index is 0.232. The van der Waals surface area contributed by atoms with Gasteiger partial charge in [0.1, 0.15) is 5.51 Å². The predicted molar refractivity (Wildman–Crippen MR) is 84.5 cm³/mol. The number of nitrogens with zero attached hydrogens (tertiary/aromatic N) is 2. The lowest BCUT2D eigenvalue weighted by molar-refractivity contribution is 0.297. The van der Waals surface area contributed by atoms with Crippen LogP contribution in [0.4, 0.5) is 0 Å². The fraction of sp³-hybridized carbons (Fsp3) is 0.429. The van der Waals surface area contributed by atoms with Crippen LogP contribution in [0.3, 0.4) is 0 Å². The molecule has 7 heteroatoms. The third-order valence-corrected chi connectivity index (χ3v) is 5.19. The molecule has 0 radical (unpaired) electrons. The van der Waals surface area contributed by atoms with Crippen LogP contribution < -0.4 is 14.8 Å². The maximum Gasteiger partial charge on any atom is 0.174 e. The molecule has 0 bridgehead atoms. The van der Waals surface area contributed by atoms with Gasteiger partial charge in [-0.1, -0.05) is 29.2 Å². The summed E-state index contributed by atoms with van der Waals surface area (Å²) in [6.45, 7) is 1.43. The van der Waals surface area contributed by atoms with E-state index in [1.54, 1.807) is 28.6 Å². The molecule has 21 heavy (non-hydrogen) atoms. The van der Waals surface area contributed by atoms with E-state index in [1.807, 2.05) is 13.1 Å². The Balaban J connectivity index is 1.72. The van der Waals surface area contributed by atoms with E-state index < -0.39 is 0 Å². The first-order chi connectivity index (χ1) is 10.4. The Morgan fingerprint density at radius 1 is 1.33 bits per heavy atom. The number of fused-ring (bicyclic) bond motifs is 1. The van der Waals surface area contributed by atoms with Crippen molar-refractivity contribution in [2.24, 2.45) is 0 Å². The van der Waals surface area contributed by atoms with E-state index >= 15 is 0 Å². The molecule has 0 amide bonds. The largest absolute Gasteiger partial charge is 0.490 e. The van der Waals surface area contributed by atoms with E-state index in [4.69, 9.17) is 9.47 Å². The molecule has 2 heterocycles. The molecule has 0 spiro atoms. The van der Waals surface area contributed by atoms with Crippen LogP contribution in [-0.2, 0) is 0 Å². The molecule has 1 aromatic heterocycles. The van der Waals surface area contributed by atoms with E-state index in [0.717, 1.165) is 28.0 Å². The summed E-state index contributed by atoms with van der Waals surface area (Å²) >= 11 is 3.27. The molecule has 112 valence electrons. The van der Waals surface area contributed by atoms with Crippen molar-refractivity contribution in [3.63, 3.8) is 0 Å². The van der Waals surface area contributed by atoms with Crippen molar-refractivity contribution in [2.75, 3.05) is 26.0 Å². The van der Waals surface area contributed by atoms with Gasteiger partial charge in [-0.15, -0.1) is 10.2 Å². The summed E-state index contributed by atoms with van der Waals surface area (Å²) < 4.78 is 12.4. The zero-order valence-electron chi connectivity index (χ0n) is 11.7. The van der Waals surface area contributed by atoms with Gasteiger partial charge in [0.2, 0.25) is 0 Å². The van der Waals surface area contributed by atoms with E-state index in [-0.39, 0.29) is 6.04 Å². The highest BCUT2D eigenvalue weighted by atomic mass is 32.2. The van der Waals surface area contributed by atoms with E-state index in [2.05, 4.69) is 27.6 Å². The van der Waals surface area contributed by atoms with Gasteiger partial charge < -0.3 is 14.8 Å². The Morgan fingerprint density at radius 3 is 2.95 bits per heavy atom. The van der Waals surface area contributed by atoms with Crippen molar-refractivity contribution in [3.05, 3.63) is 29.3 Å². The summed E-state index contributed by atoms with van der Waals surface area (Å²) in [6, 6.07) is 6.39. The quantitative estimate of drug-likeness (QED) is 0.854. The predicted octanol–water partition coefficient (Wildman–Crippen LogP) is 2.75. The second kappa shape index (κ2) is 7.11. The van der Waals surface area contributed by atoms with Crippen molar-refractivity contribution >= 4 is 23.1 Å². The summed E-state index contributed by atoms with van der Waals surface area (Å²) in [4.78, 5) is 0. The smallest absolute Gasteiger partial charge is 0.174 e. The highest BCUT2D eigenvalue weighted by molar-refractivity contribution is 8.01. The van der Waals surface area contributed by atoms with Gasteiger partial charge in [0.05, 0.1) is 13.2 Å². The number of nitrogens with one attached hydrogen (secondary N) is 1. The highest BCUT2D eigenvalue weighted by Gasteiger charge is 2.16. The van der Waals surface area contributed by atoms with Crippen LogP contribution in [0.1, 0.15) is 18.0 Å². The summed E-state index contributed by atoms with van der Waals surface area (Å²) in [5.41, 5.74) is 2.95. The van der Waals surface area contributed by atoms with Crippen LogP contribution in [0.25, 0.3) is 0 Å². The maximum absolute atomic E-state index is 5.75. The first-order valence-corrected chi connectivity index (χ1v) is 8.69. The van der Waals surface area contributed by atoms with Gasteiger partial charge in [0.25, 0.3) is 0 Å². The molecule has 2 aromatic rings. The zero-order chi connectivity index (χ0) is 14.5. The molecule has 3 rings (SSSR count). The molecule has 0 saturated carbocycles. The minimum Gasteiger partial charge on any atom is -0.490 e. The number of thioether (sulfide) groups is 1. The third-order valence-electron chi connectivity index (χ3n) is 3.24. The number of ether oxygens (including phenoxy) is 2. The lowest BCUT2D eigenvalue weighted by Gasteiger charge is -2.17. The Labute approximate surface area is 132 Å². The van der Waals surface area contributed by atoms with Crippen LogP contribution in [0, 0.1) is 0 Å². The molecular formula is C14H17N3O2S2. The average Bonchev–Trinajstić information content (AvgIpc) is 2.92. The second-order valence-electron chi connectivity index (χ2n) is 4.61. The second-order valence-corrected chi connectivity index (χ2v) is 6.71. The Bertz CT molecular complexity index is 578. The Hall–Kier alpha value is -1.31. The number of rotatable bonds is 5. The van der Waals surface area contributed by atoms with E-state index in [1.165, 1.54) is 5.56 Å². The fourth-order valence-electron chi connectivity index (χ4n) is 2.12. The van der Waals surface area contributed by atoms with Crippen LogP contribution in [-0.4, -0.2) is 36.2 Å². The number of hydrogen-bond acceptors (Lipinski definition) is 7. The lowest BCUT2D eigenvalue weighted by Crippen LogP contribution is -2.18. The summed E-state index contributed by atoms with van der Waals surface area (Å²) in [7, 11) is 1.97. The Kier molecular flexibility index (Phi) is 4.95. The Morgan fingerprint density at radius 2 is 2.19 bits per heavy atom. The standard InChI is InChI=1S/C14H17N3O2S2/c1-15-11(8-20-14-17-16-9-21-14)10-3-4-12-13(7-10)19-6-2-5-18-12/h3-4,7,9,11,15H,2,5-6,8H2,1H3. The van der Waals surface area contributed by atoms with Crippen LogP contribution >= 0.6 is 23.1 Å². The first-order valence-electron chi connectivity index (χ1n) is 6.82. The SMILES string of the molecule is CNC(CSc1nncs1)c1ccc2c(c1)OCCCO2. The fourth-order valence-corrected chi connectivity index (χ4v) is 3.78. The first kappa shape index (κ1) is 14.6. The van der Waals surface area contributed by atoms with Crippen molar-refractivity contribution in [1.82, 2.24) is 15.5 Å². The van der Waals surface area contributed by atoms with Crippen molar-refractivity contribution in [2.45, 2.75) is 16.8 Å². The minimum absolute atomic E-state index is 0.232. The maximum atomic E-state index is 5.75. The summed E-state index contributed by atoms with van der Waals surface area (Å²) in [5.74, 6) is 2.57. The van der Waals surface area contributed by atoms with Gasteiger partial charge in [-0.05, 0) is 24.7 Å². The van der Waals surface area contributed by atoms with Crippen molar-refractivity contribution in [1.29, 1.82) is 0 Å². The number of hydrogen-bond donors (Lipinski definition) is 1. The lowest BCUT2D eigenvalue weighted by atomic mass is 10.1. The van der Waals surface area contributed by atoms with Crippen LogP contribution in [0.5, 0.6) is 11.5 Å². The van der Waals surface area contributed by atoms with E-state index in [9.17, 15) is 0 Å². The summed E-state index contributed by atoms with van der Waals surface area (Å²) in [5, 5.41) is 11.3. The normalized spacial score (nSPS) is 15.5. The highest BCUT2D eigenvalue weighted by Crippen LogP contribution is 2.33. The van der Waals surface area contributed by atoms with Crippen LogP contribution in [0.2, 0.25) is 0 Å².